The molecule has 1 N–H and O–H groups in total. The van der Waals surface area contributed by atoms with Gasteiger partial charge in [-0.15, -0.1) is 0 Å². The number of allylic oxidation sites excluding steroid dienone is 1. The summed E-state index contributed by atoms with van der Waals surface area (Å²) < 4.78 is 1.05. The molecule has 96 valence electrons. The second kappa shape index (κ2) is 6.56. The van der Waals surface area contributed by atoms with E-state index in [2.05, 4.69) is 21.2 Å². The highest BCUT2D eigenvalue weighted by Crippen LogP contribution is 2.23. The molecular weight excluding hydrogens is 314 g/mol. The second-order valence-corrected chi connectivity index (χ2v) is 4.93. The van der Waals surface area contributed by atoms with Crippen molar-refractivity contribution in [2.45, 2.75) is 0 Å². The Morgan fingerprint density at radius 2 is 1.40 bits per heavy atom. The van der Waals surface area contributed by atoms with E-state index in [1.165, 1.54) is 6.20 Å². The molecule has 0 aliphatic heterocycles. The quantitative estimate of drug-likeness (QED) is 0.848. The predicted molar refractivity (Wildman–Crippen MR) is 82.5 cm³/mol. The summed E-state index contributed by atoms with van der Waals surface area (Å²) >= 11 is 3.41. The van der Waals surface area contributed by atoms with Crippen molar-refractivity contribution in [1.82, 2.24) is 0 Å². The van der Waals surface area contributed by atoms with Gasteiger partial charge in [0.1, 0.15) is 17.7 Å². The van der Waals surface area contributed by atoms with E-state index in [4.69, 9.17) is 10.5 Å². The van der Waals surface area contributed by atoms with Crippen molar-refractivity contribution in [2.24, 2.45) is 0 Å². The van der Waals surface area contributed by atoms with E-state index in [-0.39, 0.29) is 5.57 Å². The maximum Gasteiger partial charge on any atom is 0.145 e. The van der Waals surface area contributed by atoms with Gasteiger partial charge >= 0.3 is 0 Å². The summed E-state index contributed by atoms with van der Waals surface area (Å²) in [6.07, 6.45) is 1.40. The predicted octanol–water partition coefficient (Wildman–Crippen LogP) is 4.46. The van der Waals surface area contributed by atoms with Gasteiger partial charge in [0, 0.05) is 16.4 Å². The molecule has 0 heterocycles. The Kier molecular flexibility index (Phi) is 4.55. The molecule has 0 amide bonds. The fraction of sp³-hybridized carbons (Fsp3) is 0. The van der Waals surface area contributed by atoms with Gasteiger partial charge in [-0.1, -0.05) is 40.2 Å². The van der Waals surface area contributed by atoms with E-state index >= 15 is 0 Å². The van der Waals surface area contributed by atoms with Crippen LogP contribution in [0.2, 0.25) is 0 Å². The van der Waals surface area contributed by atoms with Crippen molar-refractivity contribution in [1.29, 1.82) is 10.5 Å². The first-order valence-electron chi connectivity index (χ1n) is 5.86. The van der Waals surface area contributed by atoms with E-state index in [1.807, 2.05) is 48.5 Å². The van der Waals surface area contributed by atoms with Crippen LogP contribution in [-0.2, 0) is 0 Å². The second-order valence-electron chi connectivity index (χ2n) is 4.01. The first-order valence-corrected chi connectivity index (χ1v) is 6.65. The fourth-order valence-electron chi connectivity index (χ4n) is 1.65. The van der Waals surface area contributed by atoms with Crippen LogP contribution in [0.25, 0.3) is 11.1 Å². The average molecular weight is 324 g/mol. The molecule has 0 saturated heterocycles. The number of halogens is 1. The largest absolute Gasteiger partial charge is 0.360 e. The van der Waals surface area contributed by atoms with E-state index in [1.54, 1.807) is 12.1 Å². The van der Waals surface area contributed by atoms with Gasteiger partial charge in [0.15, 0.2) is 0 Å². The van der Waals surface area contributed by atoms with Gasteiger partial charge in [-0.05, 0) is 35.4 Å². The highest BCUT2D eigenvalue weighted by molar-refractivity contribution is 9.10. The summed E-state index contributed by atoms with van der Waals surface area (Å²) in [7, 11) is 0. The van der Waals surface area contributed by atoms with Gasteiger partial charge in [0.25, 0.3) is 0 Å². The summed E-state index contributed by atoms with van der Waals surface area (Å²) in [5.74, 6) is 0. The zero-order chi connectivity index (χ0) is 14.4. The standard InChI is InChI=1S/C16H10BrN3/c17-15-5-1-13(2-6-15)14-3-7-16(8-4-14)20-11-12(9-18)10-19/h1-8,11,20H. The van der Waals surface area contributed by atoms with Gasteiger partial charge < -0.3 is 5.32 Å². The van der Waals surface area contributed by atoms with E-state index in [9.17, 15) is 0 Å². The molecule has 2 aromatic rings. The van der Waals surface area contributed by atoms with Crippen LogP contribution >= 0.6 is 15.9 Å². The maximum absolute atomic E-state index is 8.63. The summed E-state index contributed by atoms with van der Waals surface area (Å²) in [6, 6.07) is 19.4. The minimum Gasteiger partial charge on any atom is -0.360 e. The topological polar surface area (TPSA) is 59.6 Å². The molecule has 0 fully saturated rings. The SMILES string of the molecule is N#CC(C#N)=CNc1ccc(-c2ccc(Br)cc2)cc1. The number of nitrogens with zero attached hydrogens (tertiary/aromatic N) is 2. The Bertz CT molecular complexity index is 685. The molecule has 0 radical (unpaired) electrons. The van der Waals surface area contributed by atoms with Crippen molar-refractivity contribution in [3.8, 4) is 23.3 Å². The van der Waals surface area contributed by atoms with Crippen LogP contribution in [-0.4, -0.2) is 0 Å². The zero-order valence-corrected chi connectivity index (χ0v) is 12.1. The van der Waals surface area contributed by atoms with Crippen LogP contribution in [0.15, 0.2) is 64.8 Å². The molecule has 0 bridgehead atoms. The first kappa shape index (κ1) is 13.9. The normalized spacial score (nSPS) is 9.15. The van der Waals surface area contributed by atoms with Crippen molar-refractivity contribution >= 4 is 21.6 Å². The van der Waals surface area contributed by atoms with Gasteiger partial charge in [-0.3, -0.25) is 0 Å². The lowest BCUT2D eigenvalue weighted by atomic mass is 10.1. The van der Waals surface area contributed by atoms with Crippen LogP contribution in [0.3, 0.4) is 0 Å². The van der Waals surface area contributed by atoms with Crippen molar-refractivity contribution in [3.05, 3.63) is 64.8 Å². The number of nitriles is 2. The van der Waals surface area contributed by atoms with Gasteiger partial charge in [-0.2, -0.15) is 10.5 Å². The van der Waals surface area contributed by atoms with Crippen molar-refractivity contribution < 1.29 is 0 Å². The molecule has 4 heteroatoms. The number of nitrogens with one attached hydrogen (secondary N) is 1. The monoisotopic (exact) mass is 323 g/mol. The molecule has 2 rings (SSSR count). The number of benzene rings is 2. The molecular formula is C16H10BrN3. The zero-order valence-electron chi connectivity index (χ0n) is 10.5. The van der Waals surface area contributed by atoms with Gasteiger partial charge in [-0.25, -0.2) is 0 Å². The van der Waals surface area contributed by atoms with Crippen molar-refractivity contribution in [2.75, 3.05) is 5.32 Å². The molecule has 3 nitrogen and oxygen atoms in total. The lowest BCUT2D eigenvalue weighted by Crippen LogP contribution is -1.89. The first-order chi connectivity index (χ1) is 9.72. The third kappa shape index (κ3) is 3.47. The van der Waals surface area contributed by atoms with Crippen LogP contribution in [0.1, 0.15) is 0 Å². The van der Waals surface area contributed by atoms with Gasteiger partial charge in [0.05, 0.1) is 0 Å². The minimum absolute atomic E-state index is 0.0435. The van der Waals surface area contributed by atoms with E-state index < -0.39 is 0 Å². The molecule has 0 spiro atoms. The van der Waals surface area contributed by atoms with Crippen LogP contribution < -0.4 is 5.32 Å². The Morgan fingerprint density at radius 3 is 1.90 bits per heavy atom. The third-order valence-corrected chi connectivity index (χ3v) is 3.22. The summed E-state index contributed by atoms with van der Waals surface area (Å²) in [4.78, 5) is 0. The molecule has 2 aromatic carbocycles. The Balaban J connectivity index is 2.15. The van der Waals surface area contributed by atoms with E-state index in [0.29, 0.717) is 0 Å². The van der Waals surface area contributed by atoms with E-state index in [0.717, 1.165) is 21.3 Å². The molecule has 0 aliphatic carbocycles. The Morgan fingerprint density at radius 1 is 0.900 bits per heavy atom. The molecule has 20 heavy (non-hydrogen) atoms. The Labute approximate surface area is 125 Å². The summed E-state index contributed by atoms with van der Waals surface area (Å²) in [5, 5.41) is 20.2. The van der Waals surface area contributed by atoms with Crippen LogP contribution in [0, 0.1) is 22.7 Å². The molecule has 0 saturated carbocycles. The number of rotatable bonds is 3. The molecule has 0 aromatic heterocycles. The summed E-state index contributed by atoms with van der Waals surface area (Å²) in [6.45, 7) is 0. The maximum atomic E-state index is 8.63. The fourth-order valence-corrected chi connectivity index (χ4v) is 1.91. The molecule has 0 atom stereocenters. The highest BCUT2D eigenvalue weighted by atomic mass is 79.9. The smallest absolute Gasteiger partial charge is 0.145 e. The van der Waals surface area contributed by atoms with Crippen molar-refractivity contribution in [3.63, 3.8) is 0 Å². The molecule has 0 aliphatic rings. The van der Waals surface area contributed by atoms with Crippen LogP contribution in [0.5, 0.6) is 0 Å². The highest BCUT2D eigenvalue weighted by Gasteiger charge is 1.98. The summed E-state index contributed by atoms with van der Waals surface area (Å²) in [5.41, 5.74) is 3.11. The Hall–Kier alpha value is -2.56. The van der Waals surface area contributed by atoms with Gasteiger partial charge in [0.2, 0.25) is 0 Å². The number of hydrogen-bond donors (Lipinski definition) is 1. The minimum atomic E-state index is 0.0435. The third-order valence-electron chi connectivity index (χ3n) is 2.69. The molecule has 0 unspecified atom stereocenters. The number of hydrogen-bond acceptors (Lipinski definition) is 3. The lowest BCUT2D eigenvalue weighted by Gasteiger charge is -2.04. The number of anilines is 1. The average Bonchev–Trinajstić information content (AvgIpc) is 2.50. The lowest BCUT2D eigenvalue weighted by molar-refractivity contribution is 1.44. The van der Waals surface area contributed by atoms with Crippen LogP contribution in [0.4, 0.5) is 5.69 Å².